The van der Waals surface area contributed by atoms with Crippen molar-refractivity contribution in [2.24, 2.45) is 0 Å². The summed E-state index contributed by atoms with van der Waals surface area (Å²) in [5.41, 5.74) is 6.66. The van der Waals surface area contributed by atoms with E-state index in [-0.39, 0.29) is 0 Å². The highest BCUT2D eigenvalue weighted by molar-refractivity contribution is 5.73. The Hall–Kier alpha value is -3.59. The topological polar surface area (TPSA) is 31.4 Å². The van der Waals surface area contributed by atoms with E-state index in [1.807, 2.05) is 48.7 Å². The van der Waals surface area contributed by atoms with Gasteiger partial charge in [-0.2, -0.15) is 0 Å². The third-order valence-electron chi connectivity index (χ3n) is 4.79. The summed E-state index contributed by atoms with van der Waals surface area (Å²) >= 11 is 0. The van der Waals surface area contributed by atoms with Gasteiger partial charge < -0.3 is 9.47 Å². The Morgan fingerprint density at radius 1 is 0.500 bits per heavy atom. The molecule has 1 aromatic heterocycles. The van der Waals surface area contributed by atoms with Gasteiger partial charge in [-0.3, -0.25) is 4.98 Å². The molecule has 0 N–H and O–H groups in total. The number of rotatable bonds is 5. The molecular weight excluding hydrogens is 346 g/mol. The molecule has 0 atom stereocenters. The third kappa shape index (κ3) is 3.74. The fourth-order valence-corrected chi connectivity index (χ4v) is 3.17. The van der Waals surface area contributed by atoms with Gasteiger partial charge in [-0.25, -0.2) is 0 Å². The summed E-state index contributed by atoms with van der Waals surface area (Å²) in [4.78, 5) is 4.52. The fourth-order valence-electron chi connectivity index (χ4n) is 3.17. The van der Waals surface area contributed by atoms with Gasteiger partial charge in [0.05, 0.1) is 19.9 Å². The molecule has 0 radical (unpaired) electrons. The molecule has 0 spiro atoms. The van der Waals surface area contributed by atoms with Crippen LogP contribution in [0.4, 0.5) is 0 Å². The van der Waals surface area contributed by atoms with E-state index in [2.05, 4.69) is 47.4 Å². The average molecular weight is 367 g/mol. The maximum Gasteiger partial charge on any atom is 0.118 e. The molecule has 0 unspecified atom stereocenters. The number of methoxy groups -OCH3 is 2. The number of pyridine rings is 1. The maximum atomic E-state index is 5.23. The monoisotopic (exact) mass is 367 g/mol. The van der Waals surface area contributed by atoms with Crippen LogP contribution >= 0.6 is 0 Å². The predicted octanol–water partition coefficient (Wildman–Crippen LogP) is 6.10. The normalized spacial score (nSPS) is 10.5. The minimum Gasteiger partial charge on any atom is -0.497 e. The van der Waals surface area contributed by atoms with Crippen LogP contribution in [0.3, 0.4) is 0 Å². The van der Waals surface area contributed by atoms with Crippen LogP contribution in [0.15, 0.2) is 91.1 Å². The third-order valence-corrected chi connectivity index (χ3v) is 4.79. The Morgan fingerprint density at radius 2 is 0.929 bits per heavy atom. The van der Waals surface area contributed by atoms with Gasteiger partial charge in [-0.15, -0.1) is 0 Å². The molecule has 0 bridgehead atoms. The van der Waals surface area contributed by atoms with Gasteiger partial charge in [-0.05, 0) is 70.8 Å². The molecule has 3 nitrogen and oxygen atoms in total. The van der Waals surface area contributed by atoms with Gasteiger partial charge >= 0.3 is 0 Å². The lowest BCUT2D eigenvalue weighted by Crippen LogP contribution is -1.87. The summed E-state index contributed by atoms with van der Waals surface area (Å²) in [6, 6.07) is 28.8. The zero-order valence-electron chi connectivity index (χ0n) is 15.9. The van der Waals surface area contributed by atoms with Gasteiger partial charge in [0.1, 0.15) is 11.5 Å². The standard InChI is InChI=1S/C25H21NO2/c1-27-23-11-7-19(8-12-23)18-3-5-20(6-4-18)22-15-16-26-25(17-22)21-9-13-24(28-2)14-10-21/h3-17H,1-2H3. The molecule has 28 heavy (non-hydrogen) atoms. The van der Waals surface area contributed by atoms with Gasteiger partial charge in [-0.1, -0.05) is 36.4 Å². The largest absolute Gasteiger partial charge is 0.497 e. The second-order valence-corrected chi connectivity index (χ2v) is 6.46. The number of hydrogen-bond acceptors (Lipinski definition) is 3. The predicted molar refractivity (Wildman–Crippen MR) is 114 cm³/mol. The van der Waals surface area contributed by atoms with Crippen molar-refractivity contribution < 1.29 is 9.47 Å². The Kier molecular flexibility index (Phi) is 5.07. The lowest BCUT2D eigenvalue weighted by molar-refractivity contribution is 0.415. The van der Waals surface area contributed by atoms with E-state index < -0.39 is 0 Å². The first-order chi connectivity index (χ1) is 13.8. The number of benzene rings is 3. The van der Waals surface area contributed by atoms with E-state index >= 15 is 0 Å². The van der Waals surface area contributed by atoms with Crippen LogP contribution in [0.1, 0.15) is 0 Å². The highest BCUT2D eigenvalue weighted by Gasteiger charge is 2.05. The van der Waals surface area contributed by atoms with E-state index in [0.717, 1.165) is 33.9 Å². The highest BCUT2D eigenvalue weighted by atomic mass is 16.5. The molecule has 0 aliphatic rings. The first kappa shape index (κ1) is 17.8. The second kappa shape index (κ2) is 7.97. The van der Waals surface area contributed by atoms with Crippen molar-refractivity contribution in [2.75, 3.05) is 14.2 Å². The van der Waals surface area contributed by atoms with Crippen molar-refractivity contribution in [3.05, 3.63) is 91.1 Å². The first-order valence-electron chi connectivity index (χ1n) is 9.12. The molecule has 3 aromatic carbocycles. The van der Waals surface area contributed by atoms with Gasteiger partial charge in [0.2, 0.25) is 0 Å². The smallest absolute Gasteiger partial charge is 0.118 e. The van der Waals surface area contributed by atoms with E-state index in [0.29, 0.717) is 0 Å². The Labute approximate surface area is 165 Å². The summed E-state index contributed by atoms with van der Waals surface area (Å²) in [6.07, 6.45) is 1.85. The van der Waals surface area contributed by atoms with Crippen molar-refractivity contribution in [2.45, 2.75) is 0 Å². The van der Waals surface area contributed by atoms with Gasteiger partial charge in [0, 0.05) is 11.8 Å². The van der Waals surface area contributed by atoms with Crippen molar-refractivity contribution in [1.29, 1.82) is 0 Å². The number of aromatic nitrogens is 1. The molecule has 138 valence electrons. The second-order valence-electron chi connectivity index (χ2n) is 6.46. The molecule has 0 saturated heterocycles. The number of ether oxygens (including phenoxy) is 2. The van der Waals surface area contributed by atoms with Crippen molar-refractivity contribution >= 4 is 0 Å². The van der Waals surface area contributed by atoms with Crippen LogP contribution < -0.4 is 9.47 Å². The average Bonchev–Trinajstić information content (AvgIpc) is 2.79. The molecule has 0 fully saturated rings. The molecule has 4 rings (SSSR count). The molecule has 0 aliphatic heterocycles. The summed E-state index contributed by atoms with van der Waals surface area (Å²) in [5.74, 6) is 1.71. The molecule has 0 amide bonds. The summed E-state index contributed by atoms with van der Waals surface area (Å²) in [5, 5.41) is 0. The number of hydrogen-bond donors (Lipinski definition) is 0. The van der Waals surface area contributed by atoms with E-state index in [1.165, 1.54) is 11.1 Å². The lowest BCUT2D eigenvalue weighted by atomic mass is 9.99. The van der Waals surface area contributed by atoms with Crippen LogP contribution in [-0.4, -0.2) is 19.2 Å². The van der Waals surface area contributed by atoms with Crippen LogP contribution in [0, 0.1) is 0 Å². The van der Waals surface area contributed by atoms with E-state index in [1.54, 1.807) is 14.2 Å². The lowest BCUT2D eigenvalue weighted by Gasteiger charge is -2.08. The fraction of sp³-hybridized carbons (Fsp3) is 0.0800. The van der Waals surface area contributed by atoms with Crippen molar-refractivity contribution in [3.8, 4) is 45.0 Å². The quantitative estimate of drug-likeness (QED) is 0.427. The molecule has 1 heterocycles. The van der Waals surface area contributed by atoms with Crippen molar-refractivity contribution in [3.63, 3.8) is 0 Å². The first-order valence-corrected chi connectivity index (χ1v) is 9.12. The summed E-state index contributed by atoms with van der Waals surface area (Å²) in [7, 11) is 3.35. The molecule has 0 saturated carbocycles. The highest BCUT2D eigenvalue weighted by Crippen LogP contribution is 2.28. The number of nitrogens with zero attached hydrogens (tertiary/aromatic N) is 1. The molecular formula is C25H21NO2. The van der Waals surface area contributed by atoms with Crippen LogP contribution in [-0.2, 0) is 0 Å². The minimum atomic E-state index is 0.842. The Morgan fingerprint density at radius 3 is 1.43 bits per heavy atom. The zero-order valence-corrected chi connectivity index (χ0v) is 15.9. The Bertz CT molecular complexity index is 1050. The Balaban J connectivity index is 1.60. The van der Waals surface area contributed by atoms with Crippen molar-refractivity contribution in [1.82, 2.24) is 4.98 Å². The molecule has 3 heteroatoms. The van der Waals surface area contributed by atoms with E-state index in [9.17, 15) is 0 Å². The molecule has 4 aromatic rings. The van der Waals surface area contributed by atoms with Gasteiger partial charge in [0.15, 0.2) is 0 Å². The summed E-state index contributed by atoms with van der Waals surface area (Å²) in [6.45, 7) is 0. The SMILES string of the molecule is COc1ccc(-c2ccc(-c3ccnc(-c4ccc(OC)cc4)c3)cc2)cc1. The van der Waals surface area contributed by atoms with Gasteiger partial charge in [0.25, 0.3) is 0 Å². The van der Waals surface area contributed by atoms with Crippen LogP contribution in [0.5, 0.6) is 11.5 Å². The van der Waals surface area contributed by atoms with Crippen LogP contribution in [0.2, 0.25) is 0 Å². The van der Waals surface area contributed by atoms with Crippen LogP contribution in [0.25, 0.3) is 33.5 Å². The maximum absolute atomic E-state index is 5.23. The van der Waals surface area contributed by atoms with E-state index in [4.69, 9.17) is 9.47 Å². The summed E-state index contributed by atoms with van der Waals surface area (Å²) < 4.78 is 10.5. The minimum absolute atomic E-state index is 0.842. The zero-order chi connectivity index (χ0) is 19.3. The molecule has 0 aliphatic carbocycles.